The lowest BCUT2D eigenvalue weighted by molar-refractivity contribution is 0.477. The molecule has 0 saturated heterocycles. The molecule has 220 valence electrons. The van der Waals surface area contributed by atoms with Crippen molar-refractivity contribution < 1.29 is 4.74 Å². The molecule has 1 aliphatic rings. The molecule has 0 unspecified atom stereocenters. The summed E-state index contributed by atoms with van der Waals surface area (Å²) in [6.45, 7) is 0. The fraction of sp³-hybridized carbons (Fsp3) is 0. The lowest BCUT2D eigenvalue weighted by atomic mass is 9.91. The zero-order valence-electron chi connectivity index (χ0n) is 25.2. The van der Waals surface area contributed by atoms with Gasteiger partial charge in [-0.3, -0.25) is 0 Å². The number of benzene rings is 7. The van der Waals surface area contributed by atoms with Crippen molar-refractivity contribution in [1.29, 1.82) is 0 Å². The van der Waals surface area contributed by atoms with E-state index in [0.717, 1.165) is 56.3 Å². The molecule has 47 heavy (non-hydrogen) atoms. The molecule has 0 fully saturated rings. The number of rotatable bonds is 3. The number of thiophene rings is 1. The van der Waals surface area contributed by atoms with Crippen molar-refractivity contribution in [3.63, 3.8) is 0 Å². The van der Waals surface area contributed by atoms with Crippen molar-refractivity contribution in [2.75, 3.05) is 4.90 Å². The topological polar surface area (TPSA) is 25.4 Å². The molecule has 0 bridgehead atoms. The van der Waals surface area contributed by atoms with E-state index in [1.807, 2.05) is 35.6 Å². The number of para-hydroxylation sites is 6. The van der Waals surface area contributed by atoms with Crippen LogP contribution in [0.25, 0.3) is 64.2 Å². The molecule has 0 aliphatic carbocycles. The summed E-state index contributed by atoms with van der Waals surface area (Å²) >= 11 is 1.87. The van der Waals surface area contributed by atoms with Gasteiger partial charge in [-0.1, -0.05) is 109 Å². The smallest absolute Gasteiger partial charge is 0.151 e. The van der Waals surface area contributed by atoms with Crippen LogP contribution in [-0.2, 0) is 0 Å². The minimum atomic E-state index is 0.841. The molecule has 10 rings (SSSR count). The van der Waals surface area contributed by atoms with Gasteiger partial charge in [-0.2, -0.15) is 0 Å². The van der Waals surface area contributed by atoms with Crippen LogP contribution in [0.5, 0.6) is 11.5 Å². The van der Waals surface area contributed by atoms with Gasteiger partial charge in [0.15, 0.2) is 11.5 Å². The molecule has 0 spiro atoms. The van der Waals surface area contributed by atoms with Gasteiger partial charge in [0.05, 0.1) is 28.3 Å². The Morgan fingerprint density at radius 3 is 1.89 bits per heavy atom. The number of ether oxygens (including phenoxy) is 1. The molecule has 0 atom stereocenters. The average molecular weight is 619 g/mol. The summed E-state index contributed by atoms with van der Waals surface area (Å²) in [5, 5.41) is 6.14. The van der Waals surface area contributed by atoms with E-state index in [4.69, 9.17) is 9.72 Å². The summed E-state index contributed by atoms with van der Waals surface area (Å²) in [5.41, 5.74) is 8.60. The normalized spacial score (nSPS) is 12.4. The van der Waals surface area contributed by atoms with Gasteiger partial charge >= 0.3 is 0 Å². The van der Waals surface area contributed by atoms with E-state index in [2.05, 4.69) is 138 Å². The Hall–Kier alpha value is -5.97. The predicted molar refractivity (Wildman–Crippen MR) is 198 cm³/mol. The van der Waals surface area contributed by atoms with Gasteiger partial charge in [0.25, 0.3) is 0 Å². The van der Waals surface area contributed by atoms with Crippen molar-refractivity contribution in [3.05, 3.63) is 158 Å². The van der Waals surface area contributed by atoms with Gasteiger partial charge in [0.2, 0.25) is 0 Å². The summed E-state index contributed by atoms with van der Waals surface area (Å²) < 4.78 is 8.95. The molecule has 0 saturated carbocycles. The number of anilines is 3. The molecule has 9 aromatic rings. The first-order valence-corrected chi connectivity index (χ1v) is 16.6. The van der Waals surface area contributed by atoms with E-state index in [0.29, 0.717) is 0 Å². The maximum atomic E-state index is 6.40. The minimum Gasteiger partial charge on any atom is -0.453 e. The lowest BCUT2D eigenvalue weighted by Crippen LogP contribution is -2.16. The van der Waals surface area contributed by atoms with Gasteiger partial charge in [0, 0.05) is 53.0 Å². The third kappa shape index (κ3) is 3.95. The molecule has 3 heterocycles. The number of hydrogen-bond donors (Lipinski definition) is 0. The van der Waals surface area contributed by atoms with Crippen LogP contribution in [-0.4, -0.2) is 4.98 Å². The van der Waals surface area contributed by atoms with E-state index in [-0.39, 0.29) is 0 Å². The highest BCUT2D eigenvalue weighted by molar-refractivity contribution is 7.26. The van der Waals surface area contributed by atoms with Crippen LogP contribution < -0.4 is 9.64 Å². The van der Waals surface area contributed by atoms with Crippen molar-refractivity contribution in [2.45, 2.75) is 0 Å². The van der Waals surface area contributed by atoms with Crippen LogP contribution in [0.15, 0.2) is 158 Å². The summed E-state index contributed by atoms with van der Waals surface area (Å²) in [7, 11) is 0. The second kappa shape index (κ2) is 10.3. The summed E-state index contributed by atoms with van der Waals surface area (Å²) in [6.07, 6.45) is 0. The quantitative estimate of drug-likeness (QED) is 0.184. The van der Waals surface area contributed by atoms with Crippen molar-refractivity contribution >= 4 is 70.2 Å². The molecule has 0 N–H and O–H groups in total. The number of pyridine rings is 1. The van der Waals surface area contributed by atoms with E-state index >= 15 is 0 Å². The third-order valence-electron chi connectivity index (χ3n) is 9.22. The second-order valence-electron chi connectivity index (χ2n) is 11.9. The SMILES string of the molecule is c1ccc(-c2nc3ccccc3c3c2cc(-c2ccccc2N2c4ccccc4Oc4ccccc42)c2sc4ccccc4c23)cc1. The average Bonchev–Trinajstić information content (AvgIpc) is 3.53. The number of fused-ring (bicyclic) bond motifs is 9. The van der Waals surface area contributed by atoms with Gasteiger partial charge in [-0.15, -0.1) is 11.3 Å². The Kier molecular flexibility index (Phi) is 5.74. The molecular weight excluding hydrogens is 593 g/mol. The summed E-state index contributed by atoms with van der Waals surface area (Å²) in [5.74, 6) is 1.68. The Bertz CT molecular complexity index is 2630. The molecule has 0 radical (unpaired) electrons. The van der Waals surface area contributed by atoms with E-state index in [1.165, 1.54) is 36.5 Å². The molecule has 0 amide bonds. The van der Waals surface area contributed by atoms with Crippen LogP contribution in [0.2, 0.25) is 0 Å². The van der Waals surface area contributed by atoms with E-state index in [1.54, 1.807) is 0 Å². The highest BCUT2D eigenvalue weighted by Crippen LogP contribution is 2.54. The zero-order valence-corrected chi connectivity index (χ0v) is 26.0. The highest BCUT2D eigenvalue weighted by atomic mass is 32.1. The fourth-order valence-corrected chi connectivity index (χ4v) is 8.45. The van der Waals surface area contributed by atoms with Crippen LogP contribution in [0.1, 0.15) is 0 Å². The number of aromatic nitrogens is 1. The highest BCUT2D eigenvalue weighted by Gasteiger charge is 2.28. The summed E-state index contributed by atoms with van der Waals surface area (Å²) in [4.78, 5) is 7.68. The molecule has 1 aliphatic heterocycles. The van der Waals surface area contributed by atoms with Gasteiger partial charge < -0.3 is 9.64 Å². The molecule has 3 nitrogen and oxygen atoms in total. The van der Waals surface area contributed by atoms with E-state index in [9.17, 15) is 0 Å². The van der Waals surface area contributed by atoms with Gasteiger partial charge in [0.1, 0.15) is 0 Å². The zero-order chi connectivity index (χ0) is 30.9. The summed E-state index contributed by atoms with van der Waals surface area (Å²) in [6, 6.07) is 55.7. The predicted octanol–water partition coefficient (Wildman–Crippen LogP) is 12.7. The molecule has 4 heteroatoms. The monoisotopic (exact) mass is 618 g/mol. The van der Waals surface area contributed by atoms with Crippen LogP contribution in [0.3, 0.4) is 0 Å². The Balaban J connectivity index is 1.37. The Morgan fingerprint density at radius 1 is 0.489 bits per heavy atom. The second-order valence-corrected chi connectivity index (χ2v) is 12.9. The van der Waals surface area contributed by atoms with Crippen molar-refractivity contribution in [3.8, 4) is 33.9 Å². The fourth-order valence-electron chi connectivity index (χ4n) is 7.21. The maximum Gasteiger partial charge on any atom is 0.151 e. The molecular formula is C43H26N2OS. The lowest BCUT2D eigenvalue weighted by Gasteiger charge is -2.34. The first kappa shape index (κ1) is 26.3. The third-order valence-corrected chi connectivity index (χ3v) is 10.4. The molecule has 7 aromatic carbocycles. The molecule has 2 aromatic heterocycles. The minimum absolute atomic E-state index is 0.841. The first-order valence-electron chi connectivity index (χ1n) is 15.8. The van der Waals surface area contributed by atoms with Crippen molar-refractivity contribution in [1.82, 2.24) is 4.98 Å². The van der Waals surface area contributed by atoms with Crippen LogP contribution >= 0.6 is 11.3 Å². The van der Waals surface area contributed by atoms with Crippen LogP contribution in [0, 0.1) is 0 Å². The largest absolute Gasteiger partial charge is 0.453 e. The number of nitrogens with zero attached hydrogens (tertiary/aromatic N) is 2. The Morgan fingerprint density at radius 2 is 1.11 bits per heavy atom. The van der Waals surface area contributed by atoms with Crippen molar-refractivity contribution in [2.24, 2.45) is 0 Å². The van der Waals surface area contributed by atoms with Crippen LogP contribution in [0.4, 0.5) is 17.1 Å². The van der Waals surface area contributed by atoms with Gasteiger partial charge in [-0.25, -0.2) is 4.98 Å². The maximum absolute atomic E-state index is 6.40. The van der Waals surface area contributed by atoms with E-state index < -0.39 is 0 Å². The first-order chi connectivity index (χ1) is 23.3. The standard InChI is InChI=1S/C43H26N2OS/c1-2-14-27(15-3-1)42-32-26-31(43-41(30-18-6-13-25-39(30)47-43)40(32)29-17-4-7-19-33(29)44-42)28-16-5-8-20-34(28)45-35-21-9-11-23-37(35)46-38-24-12-10-22-36(38)45/h1-26H. The Labute approximate surface area is 275 Å². The van der Waals surface area contributed by atoms with Gasteiger partial charge in [-0.05, 0) is 48.5 Å². The number of hydrogen-bond acceptors (Lipinski definition) is 4.